The summed E-state index contributed by atoms with van der Waals surface area (Å²) in [4.78, 5) is 23.0. The summed E-state index contributed by atoms with van der Waals surface area (Å²) in [6.07, 6.45) is 2.72. The van der Waals surface area contributed by atoms with Gasteiger partial charge in [0.05, 0.1) is 0 Å². The molecule has 1 aromatic carbocycles. The minimum atomic E-state index is -0.739. The third kappa shape index (κ3) is 2.90. The van der Waals surface area contributed by atoms with Gasteiger partial charge in [-0.25, -0.2) is 15.0 Å². The zero-order chi connectivity index (χ0) is 13.7. The van der Waals surface area contributed by atoms with Gasteiger partial charge < -0.3 is 5.73 Å². The lowest BCUT2D eigenvalue weighted by Gasteiger charge is -2.05. The Labute approximate surface area is 108 Å². The van der Waals surface area contributed by atoms with E-state index in [0.717, 1.165) is 0 Å². The number of amidine groups is 1. The lowest BCUT2D eigenvalue weighted by Crippen LogP contribution is -2.21. The number of hydrogen-bond donors (Lipinski definition) is 3. The Morgan fingerprint density at radius 3 is 2.53 bits per heavy atom. The van der Waals surface area contributed by atoms with Gasteiger partial charge in [0.15, 0.2) is 17.3 Å². The Hall–Kier alpha value is -2.80. The number of rotatable bonds is 3. The number of nitrogens with two attached hydrogens (primary N) is 1. The Bertz CT molecular complexity index is 613. The van der Waals surface area contributed by atoms with Gasteiger partial charge in [-0.15, -0.1) is 0 Å². The minimum absolute atomic E-state index is 0.0374. The summed E-state index contributed by atoms with van der Waals surface area (Å²) in [6.45, 7) is 0. The summed E-state index contributed by atoms with van der Waals surface area (Å²) in [7, 11) is 0. The van der Waals surface area contributed by atoms with Crippen molar-refractivity contribution in [3.63, 3.8) is 0 Å². The van der Waals surface area contributed by atoms with E-state index in [1.54, 1.807) is 24.3 Å². The number of nitrogens with zero attached hydrogens (tertiary/aromatic N) is 3. The van der Waals surface area contributed by atoms with E-state index in [9.17, 15) is 4.79 Å². The maximum Gasteiger partial charge on any atom is 0.271 e. The van der Waals surface area contributed by atoms with Crippen LogP contribution in [0, 0.1) is 0 Å². The maximum absolute atomic E-state index is 11.2. The lowest BCUT2D eigenvalue weighted by molar-refractivity contribution is 0.0996. The highest BCUT2D eigenvalue weighted by Gasteiger charge is 2.11. The summed E-state index contributed by atoms with van der Waals surface area (Å²) in [5, 5.41) is 9.13. The van der Waals surface area contributed by atoms with Crippen LogP contribution in [-0.2, 0) is 0 Å². The van der Waals surface area contributed by atoms with Gasteiger partial charge in [0.25, 0.3) is 5.91 Å². The molecule has 1 heterocycles. The van der Waals surface area contributed by atoms with E-state index >= 15 is 0 Å². The molecule has 0 bridgehead atoms. The second-order valence-corrected chi connectivity index (χ2v) is 3.53. The first kappa shape index (κ1) is 12.7. The van der Waals surface area contributed by atoms with Gasteiger partial charge in [0.1, 0.15) is 0 Å². The number of primary amides is 1. The van der Waals surface area contributed by atoms with Crippen molar-refractivity contribution in [1.29, 1.82) is 0 Å². The molecule has 0 aliphatic rings. The van der Waals surface area contributed by atoms with Gasteiger partial charge in [-0.3, -0.25) is 15.5 Å². The standard InChI is InChI=1S/C12H11N5O2/c13-10(18)9-12(15-7-6-14-9)16-11(17-19)8-4-2-1-3-5-8/h1-7,19H,(H2,13,18)(H,15,16,17). The summed E-state index contributed by atoms with van der Waals surface area (Å²) >= 11 is 0. The number of hydroxylamine groups is 1. The number of aliphatic imine (C=N–C) groups is 1. The molecule has 2 rings (SSSR count). The number of benzene rings is 1. The Kier molecular flexibility index (Phi) is 3.79. The first-order valence-corrected chi connectivity index (χ1v) is 5.37. The fourth-order valence-corrected chi connectivity index (χ4v) is 1.44. The SMILES string of the molecule is NC(=O)c1nccnc1N=C(NO)c1ccccc1. The molecule has 0 aliphatic carbocycles. The van der Waals surface area contributed by atoms with Gasteiger partial charge in [-0.2, -0.15) is 0 Å². The van der Waals surface area contributed by atoms with Crippen LogP contribution in [0.25, 0.3) is 0 Å². The molecule has 1 aromatic heterocycles. The zero-order valence-electron chi connectivity index (χ0n) is 9.82. The molecule has 7 nitrogen and oxygen atoms in total. The molecule has 0 radical (unpaired) electrons. The van der Waals surface area contributed by atoms with Crippen molar-refractivity contribution in [3.05, 3.63) is 54.0 Å². The number of aromatic nitrogens is 2. The van der Waals surface area contributed by atoms with Crippen LogP contribution >= 0.6 is 0 Å². The molecular formula is C12H11N5O2. The molecule has 0 spiro atoms. The molecule has 0 aliphatic heterocycles. The van der Waals surface area contributed by atoms with Crippen molar-refractivity contribution in [2.75, 3.05) is 0 Å². The molecule has 7 heteroatoms. The highest BCUT2D eigenvalue weighted by atomic mass is 16.5. The van der Waals surface area contributed by atoms with Crippen LogP contribution in [0.3, 0.4) is 0 Å². The van der Waals surface area contributed by atoms with E-state index < -0.39 is 5.91 Å². The average Bonchev–Trinajstić information content (AvgIpc) is 2.46. The van der Waals surface area contributed by atoms with Crippen LogP contribution in [0.4, 0.5) is 5.82 Å². The summed E-state index contributed by atoms with van der Waals surface area (Å²) in [5.41, 5.74) is 7.71. The minimum Gasteiger partial charge on any atom is -0.364 e. The molecule has 0 unspecified atom stereocenters. The maximum atomic E-state index is 11.2. The van der Waals surface area contributed by atoms with Crippen LogP contribution in [0.1, 0.15) is 16.1 Å². The smallest absolute Gasteiger partial charge is 0.271 e. The Balaban J connectivity index is 2.47. The Morgan fingerprint density at radius 2 is 1.89 bits per heavy atom. The number of amides is 1. The molecule has 0 atom stereocenters. The van der Waals surface area contributed by atoms with E-state index in [1.807, 2.05) is 11.5 Å². The van der Waals surface area contributed by atoms with E-state index in [2.05, 4.69) is 15.0 Å². The monoisotopic (exact) mass is 257 g/mol. The first-order valence-electron chi connectivity index (χ1n) is 5.37. The van der Waals surface area contributed by atoms with Gasteiger partial charge in [-0.05, 0) is 0 Å². The predicted molar refractivity (Wildman–Crippen MR) is 68.1 cm³/mol. The third-order valence-corrected chi connectivity index (χ3v) is 2.28. The molecule has 4 N–H and O–H groups in total. The fraction of sp³-hybridized carbons (Fsp3) is 0. The number of nitrogens with one attached hydrogen (secondary N) is 1. The average molecular weight is 257 g/mol. The topological polar surface area (TPSA) is 113 Å². The van der Waals surface area contributed by atoms with Crippen molar-refractivity contribution in [2.45, 2.75) is 0 Å². The van der Waals surface area contributed by atoms with Crippen molar-refractivity contribution >= 4 is 17.6 Å². The van der Waals surface area contributed by atoms with Crippen molar-refractivity contribution in [2.24, 2.45) is 10.7 Å². The van der Waals surface area contributed by atoms with Crippen LogP contribution < -0.4 is 11.2 Å². The van der Waals surface area contributed by atoms with Gasteiger partial charge >= 0.3 is 0 Å². The second-order valence-electron chi connectivity index (χ2n) is 3.53. The van der Waals surface area contributed by atoms with Crippen molar-refractivity contribution in [3.8, 4) is 0 Å². The molecule has 0 fully saturated rings. The largest absolute Gasteiger partial charge is 0.364 e. The summed E-state index contributed by atoms with van der Waals surface area (Å²) < 4.78 is 0. The number of carbonyl (C=O) groups excluding carboxylic acids is 1. The number of carbonyl (C=O) groups is 1. The van der Waals surface area contributed by atoms with Crippen LogP contribution in [0.15, 0.2) is 47.7 Å². The van der Waals surface area contributed by atoms with Crippen LogP contribution in [0.2, 0.25) is 0 Å². The zero-order valence-corrected chi connectivity index (χ0v) is 9.82. The van der Waals surface area contributed by atoms with Crippen LogP contribution in [-0.4, -0.2) is 26.9 Å². The first-order chi connectivity index (χ1) is 9.22. The van der Waals surface area contributed by atoms with E-state index in [-0.39, 0.29) is 17.3 Å². The van der Waals surface area contributed by atoms with Crippen LogP contribution in [0.5, 0.6) is 0 Å². The molecule has 2 aromatic rings. The van der Waals surface area contributed by atoms with Crippen molar-refractivity contribution < 1.29 is 10.0 Å². The quantitative estimate of drug-likeness (QED) is 0.424. The third-order valence-electron chi connectivity index (χ3n) is 2.28. The Morgan fingerprint density at radius 1 is 1.21 bits per heavy atom. The normalized spacial score (nSPS) is 11.1. The van der Waals surface area contributed by atoms with Gasteiger partial charge in [0.2, 0.25) is 0 Å². The summed E-state index contributed by atoms with van der Waals surface area (Å²) in [5.74, 6) is -0.559. The van der Waals surface area contributed by atoms with Gasteiger partial charge in [0, 0.05) is 18.0 Å². The van der Waals surface area contributed by atoms with E-state index in [4.69, 9.17) is 10.9 Å². The summed E-state index contributed by atoms with van der Waals surface area (Å²) in [6, 6.07) is 8.88. The molecular weight excluding hydrogens is 246 g/mol. The molecule has 19 heavy (non-hydrogen) atoms. The lowest BCUT2D eigenvalue weighted by atomic mass is 10.2. The molecule has 0 saturated heterocycles. The molecule has 1 amide bonds. The predicted octanol–water partition coefficient (Wildman–Crippen LogP) is 0.633. The van der Waals surface area contributed by atoms with Crippen molar-refractivity contribution in [1.82, 2.24) is 15.4 Å². The molecule has 0 saturated carbocycles. The molecule has 96 valence electrons. The second kappa shape index (κ2) is 5.69. The fourth-order valence-electron chi connectivity index (χ4n) is 1.44. The highest BCUT2D eigenvalue weighted by molar-refractivity contribution is 6.01. The number of hydrogen-bond acceptors (Lipinski definition) is 5. The van der Waals surface area contributed by atoms with E-state index in [1.165, 1.54) is 12.4 Å². The van der Waals surface area contributed by atoms with E-state index in [0.29, 0.717) is 5.56 Å². The van der Waals surface area contributed by atoms with Gasteiger partial charge in [-0.1, -0.05) is 30.3 Å². The highest BCUT2D eigenvalue weighted by Crippen LogP contribution is 2.13.